The fourth-order valence-electron chi connectivity index (χ4n) is 3.08. The van der Waals surface area contributed by atoms with E-state index in [-0.39, 0.29) is 12.5 Å². The predicted molar refractivity (Wildman–Crippen MR) is 103 cm³/mol. The number of carbonyl (C=O) groups excluding carboxylic acids is 1. The second-order valence-electron chi connectivity index (χ2n) is 6.90. The van der Waals surface area contributed by atoms with Gasteiger partial charge in [0.15, 0.2) is 6.61 Å². The highest BCUT2D eigenvalue weighted by atomic mass is 16.5. The lowest BCUT2D eigenvalue weighted by Gasteiger charge is -2.26. The smallest absolute Gasteiger partial charge is 0.260 e. The van der Waals surface area contributed by atoms with E-state index in [1.807, 2.05) is 36.7 Å². The molecule has 0 N–H and O–H groups in total. The first-order valence-corrected chi connectivity index (χ1v) is 9.27. The summed E-state index contributed by atoms with van der Waals surface area (Å²) in [4.78, 5) is 20.3. The van der Waals surface area contributed by atoms with Crippen LogP contribution in [0.15, 0.2) is 42.7 Å². The number of hydrogen-bond acceptors (Lipinski definition) is 5. The number of nitrogens with zero attached hydrogens (tertiary/aromatic N) is 3. The molecule has 0 aliphatic carbocycles. The average molecular weight is 369 g/mol. The maximum absolute atomic E-state index is 12.1. The summed E-state index contributed by atoms with van der Waals surface area (Å²) in [6.45, 7) is 6.37. The van der Waals surface area contributed by atoms with Crippen LogP contribution in [0.1, 0.15) is 16.7 Å². The van der Waals surface area contributed by atoms with E-state index in [1.165, 1.54) is 16.7 Å². The number of aromatic nitrogens is 1. The van der Waals surface area contributed by atoms with E-state index < -0.39 is 0 Å². The Morgan fingerprint density at radius 3 is 2.63 bits per heavy atom. The molecule has 0 saturated carbocycles. The van der Waals surface area contributed by atoms with Crippen molar-refractivity contribution < 1.29 is 14.3 Å². The molecule has 3 rings (SSSR count). The SMILES string of the molecule is Cc1cnccc1CN(C)Cc1ccc(OCC(=O)N2CCOCC2)cc1. The van der Waals surface area contributed by atoms with Gasteiger partial charge >= 0.3 is 0 Å². The first kappa shape index (κ1) is 19.3. The molecule has 1 aromatic carbocycles. The van der Waals surface area contributed by atoms with Crippen molar-refractivity contribution in [1.29, 1.82) is 0 Å². The van der Waals surface area contributed by atoms with Crippen LogP contribution in [0.2, 0.25) is 0 Å². The van der Waals surface area contributed by atoms with Crippen molar-refractivity contribution in [3.63, 3.8) is 0 Å². The zero-order valence-electron chi connectivity index (χ0n) is 16.1. The minimum atomic E-state index is 0.00910. The zero-order chi connectivity index (χ0) is 19.1. The number of amides is 1. The van der Waals surface area contributed by atoms with Crippen molar-refractivity contribution in [3.8, 4) is 5.75 Å². The van der Waals surface area contributed by atoms with Crippen LogP contribution >= 0.6 is 0 Å². The molecule has 0 atom stereocenters. The summed E-state index contributed by atoms with van der Waals surface area (Å²) in [6.07, 6.45) is 3.73. The maximum Gasteiger partial charge on any atom is 0.260 e. The first-order valence-electron chi connectivity index (χ1n) is 9.27. The third-order valence-electron chi connectivity index (χ3n) is 4.68. The molecule has 0 unspecified atom stereocenters. The molecular weight excluding hydrogens is 342 g/mol. The summed E-state index contributed by atoms with van der Waals surface area (Å²) < 4.78 is 10.9. The Hall–Kier alpha value is -2.44. The molecular formula is C21H27N3O3. The van der Waals surface area contributed by atoms with Gasteiger partial charge in [0.05, 0.1) is 13.2 Å². The van der Waals surface area contributed by atoms with E-state index in [0.717, 1.165) is 13.1 Å². The summed E-state index contributed by atoms with van der Waals surface area (Å²) >= 11 is 0. The monoisotopic (exact) mass is 369 g/mol. The number of hydrogen-bond donors (Lipinski definition) is 0. The van der Waals surface area contributed by atoms with E-state index in [9.17, 15) is 4.79 Å². The highest BCUT2D eigenvalue weighted by Crippen LogP contribution is 2.15. The van der Waals surface area contributed by atoms with Gasteiger partial charge in [0.1, 0.15) is 5.75 Å². The molecule has 2 heterocycles. The van der Waals surface area contributed by atoms with E-state index in [2.05, 4.69) is 29.9 Å². The minimum absolute atomic E-state index is 0.00910. The molecule has 1 aliphatic heterocycles. The third-order valence-corrected chi connectivity index (χ3v) is 4.68. The number of benzene rings is 1. The van der Waals surface area contributed by atoms with Gasteiger partial charge in [0, 0.05) is 38.6 Å². The van der Waals surface area contributed by atoms with Crippen molar-refractivity contribution in [2.24, 2.45) is 0 Å². The number of aryl methyl sites for hydroxylation is 1. The Morgan fingerprint density at radius 2 is 1.93 bits per heavy atom. The molecule has 144 valence electrons. The van der Waals surface area contributed by atoms with Gasteiger partial charge in [-0.1, -0.05) is 12.1 Å². The van der Waals surface area contributed by atoms with Gasteiger partial charge in [0.25, 0.3) is 5.91 Å². The third kappa shape index (κ3) is 5.77. The summed E-state index contributed by atoms with van der Waals surface area (Å²) in [5.41, 5.74) is 3.70. The normalized spacial score (nSPS) is 14.4. The summed E-state index contributed by atoms with van der Waals surface area (Å²) in [5.74, 6) is 0.725. The number of pyridine rings is 1. The molecule has 0 bridgehead atoms. The van der Waals surface area contributed by atoms with Crippen molar-refractivity contribution in [2.75, 3.05) is 40.0 Å². The molecule has 1 aliphatic rings. The predicted octanol–water partition coefficient (Wildman–Crippen LogP) is 2.26. The molecule has 6 heteroatoms. The van der Waals surface area contributed by atoms with Crippen LogP contribution in [0.25, 0.3) is 0 Å². The molecule has 1 fully saturated rings. The Balaban J connectivity index is 1.46. The zero-order valence-corrected chi connectivity index (χ0v) is 16.1. The number of morpholine rings is 1. The Morgan fingerprint density at radius 1 is 1.19 bits per heavy atom. The molecule has 2 aromatic rings. The van der Waals surface area contributed by atoms with E-state index >= 15 is 0 Å². The van der Waals surface area contributed by atoms with Gasteiger partial charge in [-0.05, 0) is 48.9 Å². The van der Waals surface area contributed by atoms with Crippen molar-refractivity contribution in [2.45, 2.75) is 20.0 Å². The Labute approximate surface area is 160 Å². The minimum Gasteiger partial charge on any atom is -0.484 e. The first-order chi connectivity index (χ1) is 13.1. The van der Waals surface area contributed by atoms with E-state index in [4.69, 9.17) is 9.47 Å². The largest absolute Gasteiger partial charge is 0.484 e. The highest BCUT2D eigenvalue weighted by molar-refractivity contribution is 5.77. The van der Waals surface area contributed by atoms with Gasteiger partial charge in [0.2, 0.25) is 0 Å². The Kier molecular flexibility index (Phi) is 6.79. The lowest BCUT2D eigenvalue weighted by molar-refractivity contribution is -0.137. The van der Waals surface area contributed by atoms with Crippen LogP contribution in [-0.2, 0) is 22.6 Å². The second kappa shape index (κ2) is 9.48. The van der Waals surface area contributed by atoms with Gasteiger partial charge in [-0.2, -0.15) is 0 Å². The summed E-state index contributed by atoms with van der Waals surface area (Å²) in [5, 5.41) is 0. The van der Waals surface area contributed by atoms with E-state index in [0.29, 0.717) is 32.1 Å². The van der Waals surface area contributed by atoms with Crippen LogP contribution in [0.4, 0.5) is 0 Å². The van der Waals surface area contributed by atoms with Gasteiger partial charge in [-0.25, -0.2) is 0 Å². The Bertz CT molecular complexity index is 743. The summed E-state index contributed by atoms with van der Waals surface area (Å²) in [6, 6.07) is 10.0. The fraction of sp³-hybridized carbons (Fsp3) is 0.429. The van der Waals surface area contributed by atoms with Gasteiger partial charge in [-0.15, -0.1) is 0 Å². The second-order valence-corrected chi connectivity index (χ2v) is 6.90. The number of ether oxygens (including phenoxy) is 2. The number of carbonyl (C=O) groups is 1. The highest BCUT2D eigenvalue weighted by Gasteiger charge is 2.17. The van der Waals surface area contributed by atoms with Crippen LogP contribution in [-0.4, -0.2) is 60.6 Å². The average Bonchev–Trinajstić information content (AvgIpc) is 2.69. The van der Waals surface area contributed by atoms with Crippen LogP contribution < -0.4 is 4.74 Å². The summed E-state index contributed by atoms with van der Waals surface area (Å²) in [7, 11) is 2.10. The fourth-order valence-corrected chi connectivity index (χ4v) is 3.08. The van der Waals surface area contributed by atoms with Crippen molar-refractivity contribution in [1.82, 2.24) is 14.8 Å². The molecule has 6 nitrogen and oxygen atoms in total. The molecule has 1 amide bonds. The lowest BCUT2D eigenvalue weighted by Crippen LogP contribution is -2.42. The standard InChI is InChI=1S/C21H27N3O3/c1-17-13-22-8-7-19(17)15-23(2)14-18-3-5-20(6-4-18)27-16-21(25)24-9-11-26-12-10-24/h3-8,13H,9-12,14-16H2,1-2H3. The number of rotatable bonds is 7. The quantitative estimate of drug-likeness (QED) is 0.749. The van der Waals surface area contributed by atoms with Gasteiger partial charge in [-0.3, -0.25) is 14.7 Å². The van der Waals surface area contributed by atoms with Crippen molar-refractivity contribution >= 4 is 5.91 Å². The topological polar surface area (TPSA) is 54.9 Å². The van der Waals surface area contributed by atoms with Crippen LogP contribution in [0.5, 0.6) is 5.75 Å². The van der Waals surface area contributed by atoms with Gasteiger partial charge < -0.3 is 14.4 Å². The molecule has 1 saturated heterocycles. The molecule has 1 aromatic heterocycles. The molecule has 0 spiro atoms. The van der Waals surface area contributed by atoms with Crippen molar-refractivity contribution in [3.05, 3.63) is 59.4 Å². The van der Waals surface area contributed by atoms with Crippen LogP contribution in [0, 0.1) is 6.92 Å². The van der Waals surface area contributed by atoms with E-state index in [1.54, 1.807) is 4.90 Å². The molecule has 27 heavy (non-hydrogen) atoms. The lowest BCUT2D eigenvalue weighted by atomic mass is 10.1. The maximum atomic E-state index is 12.1. The van der Waals surface area contributed by atoms with Crippen LogP contribution in [0.3, 0.4) is 0 Å². The molecule has 0 radical (unpaired) electrons.